The van der Waals surface area contributed by atoms with Gasteiger partial charge in [-0.05, 0) is 60.7 Å². The molecule has 2 aliphatic rings. The molecule has 1 aromatic heterocycles. The van der Waals surface area contributed by atoms with E-state index in [-0.39, 0.29) is 6.09 Å². The maximum atomic E-state index is 12.0. The smallest absolute Gasteiger partial charge is 0.409 e. The third-order valence-electron chi connectivity index (χ3n) is 6.48. The Hall–Kier alpha value is -3.12. The van der Waals surface area contributed by atoms with E-state index in [1.165, 1.54) is 11.1 Å². The molecule has 6 nitrogen and oxygen atoms in total. The molecule has 2 aromatic carbocycles. The highest BCUT2D eigenvalue weighted by molar-refractivity contribution is 5.88. The van der Waals surface area contributed by atoms with Gasteiger partial charge in [-0.3, -0.25) is 4.98 Å². The van der Waals surface area contributed by atoms with Gasteiger partial charge in [-0.1, -0.05) is 24.3 Å². The van der Waals surface area contributed by atoms with Crippen molar-refractivity contribution in [2.75, 3.05) is 26.3 Å². The lowest BCUT2D eigenvalue weighted by Gasteiger charge is -2.40. The Labute approximate surface area is 188 Å². The monoisotopic (exact) mass is 432 g/mol. The van der Waals surface area contributed by atoms with Crippen molar-refractivity contribution < 1.29 is 19.0 Å². The lowest BCUT2D eigenvalue weighted by atomic mass is 9.95. The number of benzene rings is 2. The molecule has 0 bridgehead atoms. The number of fused-ring (bicyclic) bond motifs is 2. The molecule has 0 radical (unpaired) electrons. The van der Waals surface area contributed by atoms with Crippen LogP contribution in [0.1, 0.15) is 30.9 Å². The molecule has 1 saturated heterocycles. The minimum Gasteiger partial charge on any atom is -0.462 e. The summed E-state index contributed by atoms with van der Waals surface area (Å²) in [6, 6.07) is 14.7. The van der Waals surface area contributed by atoms with Crippen LogP contribution in [0.3, 0.4) is 0 Å². The van der Waals surface area contributed by atoms with Gasteiger partial charge in [0.15, 0.2) is 0 Å². The van der Waals surface area contributed by atoms with E-state index in [0.29, 0.717) is 39.1 Å². The Balaban J connectivity index is 1.39. The first-order chi connectivity index (χ1) is 15.6. The van der Waals surface area contributed by atoms with Gasteiger partial charge in [0.05, 0.1) is 18.7 Å². The van der Waals surface area contributed by atoms with E-state index in [2.05, 4.69) is 48.3 Å². The molecular weight excluding hydrogens is 404 g/mol. The van der Waals surface area contributed by atoms with Crippen LogP contribution in [-0.4, -0.2) is 48.1 Å². The van der Waals surface area contributed by atoms with Crippen LogP contribution in [0.15, 0.2) is 48.7 Å². The zero-order valence-electron chi connectivity index (χ0n) is 18.6. The van der Waals surface area contributed by atoms with Crippen LogP contribution in [0.2, 0.25) is 0 Å². The number of carbonyl (C=O) groups excluding carboxylic acids is 1. The van der Waals surface area contributed by atoms with E-state index in [1.807, 2.05) is 19.2 Å². The number of hydrogen-bond acceptors (Lipinski definition) is 5. The maximum absolute atomic E-state index is 12.0. The van der Waals surface area contributed by atoms with Crippen molar-refractivity contribution in [3.63, 3.8) is 0 Å². The van der Waals surface area contributed by atoms with Crippen LogP contribution >= 0.6 is 0 Å². The zero-order chi connectivity index (χ0) is 22.1. The van der Waals surface area contributed by atoms with Crippen molar-refractivity contribution >= 4 is 17.0 Å². The van der Waals surface area contributed by atoms with Gasteiger partial charge in [0, 0.05) is 37.5 Å². The number of pyridine rings is 1. The number of carbonyl (C=O) groups is 1. The van der Waals surface area contributed by atoms with Gasteiger partial charge in [-0.25, -0.2) is 4.79 Å². The molecule has 3 aromatic rings. The molecule has 2 aliphatic heterocycles. The van der Waals surface area contributed by atoms with Crippen LogP contribution in [-0.2, 0) is 15.9 Å². The van der Waals surface area contributed by atoms with Crippen LogP contribution in [0.4, 0.5) is 4.79 Å². The van der Waals surface area contributed by atoms with Gasteiger partial charge in [0.1, 0.15) is 5.75 Å². The Morgan fingerprint density at radius 3 is 2.84 bits per heavy atom. The molecular formula is C26H28N2O4. The topological polar surface area (TPSA) is 60.9 Å². The first kappa shape index (κ1) is 20.8. The summed E-state index contributed by atoms with van der Waals surface area (Å²) < 4.78 is 17.8. The molecule has 5 rings (SSSR count). The second-order valence-electron chi connectivity index (χ2n) is 8.43. The molecule has 0 atom stereocenters. The fourth-order valence-corrected chi connectivity index (χ4v) is 4.71. The minimum absolute atomic E-state index is 0.263. The van der Waals surface area contributed by atoms with Crippen LogP contribution in [0.5, 0.6) is 5.75 Å². The van der Waals surface area contributed by atoms with Gasteiger partial charge in [-0.15, -0.1) is 0 Å². The van der Waals surface area contributed by atoms with E-state index in [4.69, 9.17) is 14.2 Å². The van der Waals surface area contributed by atoms with E-state index < -0.39 is 5.79 Å². The van der Waals surface area contributed by atoms with E-state index in [0.717, 1.165) is 34.2 Å². The molecule has 3 heterocycles. The number of ether oxygens (including phenoxy) is 3. The zero-order valence-corrected chi connectivity index (χ0v) is 18.6. The van der Waals surface area contributed by atoms with Gasteiger partial charge in [-0.2, -0.15) is 0 Å². The summed E-state index contributed by atoms with van der Waals surface area (Å²) in [5.74, 6) is 0.186. The highest BCUT2D eigenvalue weighted by Gasteiger charge is 2.41. The summed E-state index contributed by atoms with van der Waals surface area (Å²) >= 11 is 0. The largest absolute Gasteiger partial charge is 0.462 e. The number of rotatable bonds is 2. The van der Waals surface area contributed by atoms with E-state index in [9.17, 15) is 4.79 Å². The average molecular weight is 433 g/mol. The summed E-state index contributed by atoms with van der Waals surface area (Å²) in [6.07, 6.45) is 3.62. The Morgan fingerprint density at radius 2 is 2.03 bits per heavy atom. The third kappa shape index (κ3) is 3.79. The summed E-state index contributed by atoms with van der Waals surface area (Å²) in [5, 5.41) is 1.15. The summed E-state index contributed by atoms with van der Waals surface area (Å²) in [6.45, 7) is 6.05. The highest BCUT2D eigenvalue weighted by atomic mass is 16.7. The summed E-state index contributed by atoms with van der Waals surface area (Å²) in [4.78, 5) is 18.3. The fraction of sp³-hybridized carbons (Fsp3) is 0.385. The van der Waals surface area contributed by atoms with Crippen molar-refractivity contribution in [1.82, 2.24) is 9.88 Å². The van der Waals surface area contributed by atoms with Gasteiger partial charge < -0.3 is 19.1 Å². The highest BCUT2D eigenvalue weighted by Crippen LogP contribution is 2.38. The average Bonchev–Trinajstić information content (AvgIpc) is 2.98. The maximum Gasteiger partial charge on any atom is 0.409 e. The van der Waals surface area contributed by atoms with Crippen LogP contribution < -0.4 is 4.74 Å². The summed E-state index contributed by atoms with van der Waals surface area (Å²) in [7, 11) is 0. The normalized spacial score (nSPS) is 17.5. The quantitative estimate of drug-likeness (QED) is 0.563. The molecule has 1 fully saturated rings. The Morgan fingerprint density at radius 1 is 1.19 bits per heavy atom. The van der Waals surface area contributed by atoms with Gasteiger partial charge in [0.2, 0.25) is 5.79 Å². The second-order valence-corrected chi connectivity index (χ2v) is 8.43. The van der Waals surface area contributed by atoms with Gasteiger partial charge in [0.25, 0.3) is 0 Å². The molecule has 1 amide bonds. The molecule has 166 valence electrons. The standard InChI is InChI=1S/C26H28N2O4/c1-3-30-25(29)28-14-11-26(12-15-28)31-16-10-21-17-20(7-9-23(21)32-26)22-8-6-19-5-4-13-27-24(19)18(22)2/h4-9,13,17H,3,10-12,14-16H2,1-2H3. The SMILES string of the molecule is CCOC(=O)N1CCC2(CC1)OCCc1cc(-c3ccc4cccnc4c3C)ccc1O2. The van der Waals surface area contributed by atoms with Crippen LogP contribution in [0.25, 0.3) is 22.0 Å². The van der Waals surface area contributed by atoms with Crippen molar-refractivity contribution in [1.29, 1.82) is 0 Å². The lowest BCUT2D eigenvalue weighted by molar-refractivity contribution is -0.200. The second kappa shape index (κ2) is 8.43. The Bertz CT molecular complexity index is 1150. The van der Waals surface area contributed by atoms with Gasteiger partial charge >= 0.3 is 6.09 Å². The number of piperidine rings is 1. The Kier molecular flexibility index (Phi) is 5.47. The molecule has 32 heavy (non-hydrogen) atoms. The number of nitrogens with zero attached hydrogens (tertiary/aromatic N) is 2. The van der Waals surface area contributed by atoms with Crippen molar-refractivity contribution in [3.8, 4) is 16.9 Å². The van der Waals surface area contributed by atoms with Crippen molar-refractivity contribution in [3.05, 3.63) is 59.8 Å². The van der Waals surface area contributed by atoms with Crippen molar-refractivity contribution in [2.24, 2.45) is 0 Å². The number of hydrogen-bond donors (Lipinski definition) is 0. The fourth-order valence-electron chi connectivity index (χ4n) is 4.71. The number of aromatic nitrogens is 1. The molecule has 0 aliphatic carbocycles. The predicted molar refractivity (Wildman–Crippen MR) is 123 cm³/mol. The van der Waals surface area contributed by atoms with E-state index >= 15 is 0 Å². The summed E-state index contributed by atoms with van der Waals surface area (Å²) in [5.41, 5.74) is 5.70. The number of aryl methyl sites for hydroxylation is 1. The van der Waals surface area contributed by atoms with E-state index in [1.54, 1.807) is 4.90 Å². The molecule has 0 unspecified atom stereocenters. The molecule has 0 N–H and O–H groups in total. The first-order valence-corrected chi connectivity index (χ1v) is 11.3. The number of likely N-dealkylation sites (tertiary alicyclic amines) is 1. The third-order valence-corrected chi connectivity index (χ3v) is 6.48. The van der Waals surface area contributed by atoms with Crippen LogP contribution in [0, 0.1) is 6.92 Å². The predicted octanol–water partition coefficient (Wildman–Crippen LogP) is 5.11. The van der Waals surface area contributed by atoms with Crippen molar-refractivity contribution in [2.45, 2.75) is 38.9 Å². The molecule has 0 saturated carbocycles. The molecule has 6 heteroatoms. The number of amides is 1. The first-order valence-electron chi connectivity index (χ1n) is 11.3. The molecule has 1 spiro atoms. The minimum atomic E-state index is -0.682. The lowest BCUT2D eigenvalue weighted by Crippen LogP contribution is -2.51.